The van der Waals surface area contributed by atoms with Crippen molar-refractivity contribution in [2.45, 2.75) is 61.3 Å². The summed E-state index contributed by atoms with van der Waals surface area (Å²) in [4.78, 5) is 12.5. The average molecular weight is 260 g/mol. The second-order valence-electron chi connectivity index (χ2n) is 8.26. The minimum absolute atomic E-state index is 0.235. The van der Waals surface area contributed by atoms with Crippen LogP contribution in [0.25, 0.3) is 0 Å². The van der Waals surface area contributed by atoms with Crippen LogP contribution in [-0.2, 0) is 4.79 Å². The van der Waals surface area contributed by atoms with E-state index in [-0.39, 0.29) is 16.2 Å². The van der Waals surface area contributed by atoms with Crippen LogP contribution in [0.4, 0.5) is 0 Å². The molecule has 1 atom stereocenters. The fourth-order valence-corrected chi connectivity index (χ4v) is 3.82. The molecule has 0 bridgehead atoms. The molecule has 2 aliphatic rings. The number of carbonyl (C=O) groups excluding carboxylic acids is 1. The van der Waals surface area contributed by atoms with Gasteiger partial charge in [-0.15, -0.1) is 0 Å². The summed E-state index contributed by atoms with van der Waals surface area (Å²) in [6, 6.07) is 0. The molecule has 0 amide bonds. The lowest BCUT2D eigenvalue weighted by Gasteiger charge is -2.40. The average Bonchev–Trinajstić information content (AvgIpc) is 2.50. The van der Waals surface area contributed by atoms with Crippen molar-refractivity contribution >= 4 is 5.78 Å². The van der Waals surface area contributed by atoms with E-state index in [0.717, 1.165) is 12.8 Å². The van der Waals surface area contributed by atoms with Crippen molar-refractivity contribution in [3.05, 3.63) is 23.3 Å². The Bertz CT molecular complexity index is 472. The Morgan fingerprint density at radius 3 is 2.11 bits per heavy atom. The van der Waals surface area contributed by atoms with Crippen LogP contribution in [-0.4, -0.2) is 5.78 Å². The molecule has 1 unspecified atom stereocenters. The van der Waals surface area contributed by atoms with E-state index in [1.54, 1.807) is 0 Å². The smallest absolute Gasteiger partial charge is 0.148 e. The van der Waals surface area contributed by atoms with Gasteiger partial charge >= 0.3 is 0 Å². The molecule has 1 heteroatoms. The number of hydrogen-bond acceptors (Lipinski definition) is 1. The van der Waals surface area contributed by atoms with E-state index in [1.807, 2.05) is 0 Å². The van der Waals surface area contributed by atoms with Crippen LogP contribution in [0.5, 0.6) is 0 Å². The highest BCUT2D eigenvalue weighted by Crippen LogP contribution is 2.52. The van der Waals surface area contributed by atoms with Crippen LogP contribution in [0.3, 0.4) is 0 Å². The third-order valence-corrected chi connectivity index (χ3v) is 5.32. The van der Waals surface area contributed by atoms with E-state index < -0.39 is 0 Å². The summed E-state index contributed by atoms with van der Waals surface area (Å²) < 4.78 is 0. The van der Waals surface area contributed by atoms with Crippen molar-refractivity contribution < 1.29 is 4.79 Å². The maximum absolute atomic E-state index is 12.5. The van der Waals surface area contributed by atoms with E-state index in [2.05, 4.69) is 60.6 Å². The first-order chi connectivity index (χ1) is 8.48. The van der Waals surface area contributed by atoms with Crippen molar-refractivity contribution in [1.82, 2.24) is 0 Å². The largest absolute Gasteiger partial charge is 0.298 e. The molecule has 0 saturated heterocycles. The minimum Gasteiger partial charge on any atom is -0.298 e. The van der Waals surface area contributed by atoms with E-state index in [9.17, 15) is 4.79 Å². The third kappa shape index (κ3) is 2.22. The number of hydrogen-bond donors (Lipinski definition) is 0. The molecule has 0 aliphatic heterocycles. The van der Waals surface area contributed by atoms with Crippen LogP contribution in [0.1, 0.15) is 61.3 Å². The van der Waals surface area contributed by atoms with Gasteiger partial charge in [0.15, 0.2) is 0 Å². The first-order valence-corrected chi connectivity index (χ1v) is 7.46. The summed E-state index contributed by atoms with van der Waals surface area (Å²) in [7, 11) is 0. The molecule has 19 heavy (non-hydrogen) atoms. The lowest BCUT2D eigenvalue weighted by atomic mass is 9.62. The molecule has 0 heterocycles. The van der Waals surface area contributed by atoms with Gasteiger partial charge in [-0.05, 0) is 49.2 Å². The van der Waals surface area contributed by atoms with Gasteiger partial charge in [-0.25, -0.2) is 0 Å². The van der Waals surface area contributed by atoms with Crippen molar-refractivity contribution in [2.24, 2.45) is 22.2 Å². The van der Waals surface area contributed by atoms with Crippen LogP contribution in [0, 0.1) is 22.2 Å². The Morgan fingerprint density at radius 1 is 1.11 bits per heavy atom. The van der Waals surface area contributed by atoms with E-state index in [1.165, 1.54) is 11.1 Å². The molecule has 106 valence electrons. The van der Waals surface area contributed by atoms with E-state index in [0.29, 0.717) is 11.7 Å². The molecule has 0 aromatic heterocycles. The fraction of sp³-hybridized carbons (Fsp3) is 0.722. The summed E-state index contributed by atoms with van der Waals surface area (Å²) in [5.74, 6) is 1.06. The SMILES string of the molecule is CC1CC=C(C2=CC(C)(C)C(=O)C(C)(C)C2)C1(C)C. The van der Waals surface area contributed by atoms with Crippen LogP contribution >= 0.6 is 0 Å². The van der Waals surface area contributed by atoms with Crippen molar-refractivity contribution in [2.75, 3.05) is 0 Å². The van der Waals surface area contributed by atoms with Crippen LogP contribution in [0.15, 0.2) is 23.3 Å². The summed E-state index contributed by atoms with van der Waals surface area (Å²) in [6.07, 6.45) is 6.68. The number of allylic oxidation sites excluding steroid dienone is 4. The number of Topliss-reactive ketones (excluding diaryl/α,β-unsaturated/α-hetero) is 1. The predicted molar refractivity (Wildman–Crippen MR) is 80.9 cm³/mol. The number of ketones is 1. The van der Waals surface area contributed by atoms with Gasteiger partial charge in [0, 0.05) is 10.8 Å². The van der Waals surface area contributed by atoms with Gasteiger partial charge in [-0.1, -0.05) is 46.8 Å². The zero-order valence-electron chi connectivity index (χ0n) is 13.6. The second kappa shape index (κ2) is 4.07. The fourth-order valence-electron chi connectivity index (χ4n) is 3.82. The Labute approximate surface area is 118 Å². The molecule has 0 N–H and O–H groups in total. The first kappa shape index (κ1) is 14.6. The Kier molecular flexibility index (Phi) is 3.12. The quantitative estimate of drug-likeness (QED) is 0.653. The summed E-state index contributed by atoms with van der Waals surface area (Å²) >= 11 is 0. The Morgan fingerprint density at radius 2 is 1.68 bits per heavy atom. The van der Waals surface area contributed by atoms with Gasteiger partial charge < -0.3 is 0 Å². The summed E-state index contributed by atoms with van der Waals surface area (Å²) in [5.41, 5.74) is 2.55. The highest BCUT2D eigenvalue weighted by Gasteiger charge is 2.45. The topological polar surface area (TPSA) is 17.1 Å². The molecule has 0 fully saturated rings. The van der Waals surface area contributed by atoms with Gasteiger partial charge in [-0.3, -0.25) is 4.79 Å². The van der Waals surface area contributed by atoms with Crippen molar-refractivity contribution in [3.63, 3.8) is 0 Å². The Hall–Kier alpha value is -0.850. The van der Waals surface area contributed by atoms with Crippen LogP contribution in [0.2, 0.25) is 0 Å². The maximum atomic E-state index is 12.5. The van der Waals surface area contributed by atoms with E-state index in [4.69, 9.17) is 0 Å². The molecule has 0 radical (unpaired) electrons. The molecule has 0 spiro atoms. The monoisotopic (exact) mass is 260 g/mol. The zero-order chi connectivity index (χ0) is 14.6. The van der Waals surface area contributed by atoms with Crippen LogP contribution < -0.4 is 0 Å². The summed E-state index contributed by atoms with van der Waals surface area (Å²) in [5, 5.41) is 0. The molecule has 0 saturated carbocycles. The normalized spacial score (nSPS) is 31.9. The zero-order valence-corrected chi connectivity index (χ0v) is 13.6. The van der Waals surface area contributed by atoms with Gasteiger partial charge in [-0.2, -0.15) is 0 Å². The van der Waals surface area contributed by atoms with Gasteiger partial charge in [0.05, 0.1) is 0 Å². The molecule has 1 nitrogen and oxygen atoms in total. The number of carbonyl (C=O) groups is 1. The molecule has 0 aromatic rings. The highest BCUT2D eigenvalue weighted by molar-refractivity contribution is 5.92. The second-order valence-corrected chi connectivity index (χ2v) is 8.26. The van der Waals surface area contributed by atoms with Crippen molar-refractivity contribution in [3.8, 4) is 0 Å². The van der Waals surface area contributed by atoms with Gasteiger partial charge in [0.25, 0.3) is 0 Å². The summed E-state index contributed by atoms with van der Waals surface area (Å²) in [6.45, 7) is 15.3. The van der Waals surface area contributed by atoms with Crippen molar-refractivity contribution in [1.29, 1.82) is 0 Å². The van der Waals surface area contributed by atoms with Gasteiger partial charge in [0.2, 0.25) is 0 Å². The molecule has 2 rings (SSSR count). The molecular weight excluding hydrogens is 232 g/mol. The first-order valence-electron chi connectivity index (χ1n) is 7.46. The molecule has 0 aromatic carbocycles. The standard InChI is InChI=1S/C18H28O/c1-12-8-9-14(18(12,6)7)13-10-16(2,3)15(19)17(4,5)11-13/h9-10,12H,8,11H2,1-7H3. The lowest BCUT2D eigenvalue weighted by Crippen LogP contribution is -2.40. The minimum atomic E-state index is -0.334. The molecule has 2 aliphatic carbocycles. The Balaban J connectivity index is 2.45. The lowest BCUT2D eigenvalue weighted by molar-refractivity contribution is -0.134. The highest BCUT2D eigenvalue weighted by atomic mass is 16.1. The molecular formula is C18H28O. The maximum Gasteiger partial charge on any atom is 0.148 e. The number of rotatable bonds is 1. The predicted octanol–water partition coefficient (Wildman–Crippen LogP) is 4.93. The van der Waals surface area contributed by atoms with E-state index >= 15 is 0 Å². The van der Waals surface area contributed by atoms with Gasteiger partial charge in [0.1, 0.15) is 5.78 Å². The third-order valence-electron chi connectivity index (χ3n) is 5.32.